The predicted molar refractivity (Wildman–Crippen MR) is 129 cm³/mol. The van der Waals surface area contributed by atoms with Crippen molar-refractivity contribution >= 4 is 45.9 Å². The molecule has 34 heavy (non-hydrogen) atoms. The minimum Gasteiger partial charge on any atom is -0.361 e. The van der Waals surface area contributed by atoms with Crippen molar-refractivity contribution in [3.05, 3.63) is 64.8 Å². The molecule has 3 amide bonds. The number of nitrogens with zero attached hydrogens (tertiary/aromatic N) is 1. The fourth-order valence-electron chi connectivity index (χ4n) is 6.10. The molecule has 4 heterocycles. The Morgan fingerprint density at radius 2 is 1.88 bits per heavy atom. The van der Waals surface area contributed by atoms with Crippen LogP contribution in [0.1, 0.15) is 30.9 Å². The summed E-state index contributed by atoms with van der Waals surface area (Å²) in [6.07, 6.45) is 4.06. The number of fused-ring (bicyclic) bond motifs is 5. The van der Waals surface area contributed by atoms with Crippen molar-refractivity contribution in [1.82, 2.24) is 15.2 Å². The fraction of sp³-hybridized carbons (Fsp3) is 0.346. The number of para-hydroxylation sites is 2. The van der Waals surface area contributed by atoms with Gasteiger partial charge in [0.25, 0.3) is 0 Å². The molecule has 3 aromatic rings. The highest BCUT2D eigenvalue weighted by Gasteiger charge is 2.70. The highest BCUT2D eigenvalue weighted by atomic mass is 35.5. The molecule has 6 rings (SSSR count). The lowest BCUT2D eigenvalue weighted by atomic mass is 9.76. The van der Waals surface area contributed by atoms with E-state index in [9.17, 15) is 14.4 Å². The van der Waals surface area contributed by atoms with E-state index in [1.807, 2.05) is 43.5 Å². The van der Waals surface area contributed by atoms with Gasteiger partial charge in [0, 0.05) is 35.2 Å². The molecule has 2 saturated heterocycles. The summed E-state index contributed by atoms with van der Waals surface area (Å²) >= 11 is 6.41. The predicted octanol–water partition coefficient (Wildman–Crippen LogP) is 3.58. The van der Waals surface area contributed by atoms with Gasteiger partial charge in [0.2, 0.25) is 17.7 Å². The van der Waals surface area contributed by atoms with E-state index >= 15 is 0 Å². The second-order valence-corrected chi connectivity index (χ2v) is 9.83. The quantitative estimate of drug-likeness (QED) is 0.490. The molecule has 2 aromatic carbocycles. The number of likely N-dealkylation sites (tertiary alicyclic amines) is 1. The van der Waals surface area contributed by atoms with Crippen molar-refractivity contribution in [2.24, 2.45) is 11.8 Å². The number of carbonyl (C=O) groups is 3. The number of aromatic amines is 1. The van der Waals surface area contributed by atoms with Crippen LogP contribution in [-0.2, 0) is 26.3 Å². The number of imide groups is 1. The van der Waals surface area contributed by atoms with Gasteiger partial charge in [-0.05, 0) is 30.5 Å². The van der Waals surface area contributed by atoms with E-state index in [-0.39, 0.29) is 23.8 Å². The van der Waals surface area contributed by atoms with Crippen LogP contribution in [0.4, 0.5) is 5.69 Å². The van der Waals surface area contributed by atoms with Gasteiger partial charge in [-0.1, -0.05) is 55.3 Å². The number of rotatable bonds is 5. The smallest absolute Gasteiger partial charge is 0.250 e. The number of H-pyrrole nitrogens is 1. The molecule has 2 unspecified atom stereocenters. The molecule has 3 N–H and O–H groups in total. The highest BCUT2D eigenvalue weighted by molar-refractivity contribution is 6.35. The molecule has 3 aliphatic heterocycles. The first kappa shape index (κ1) is 21.4. The van der Waals surface area contributed by atoms with E-state index in [4.69, 9.17) is 11.6 Å². The van der Waals surface area contributed by atoms with Gasteiger partial charge >= 0.3 is 0 Å². The molecule has 174 valence electrons. The maximum Gasteiger partial charge on any atom is 0.250 e. The SMILES string of the molecule is CCCCN1C(=O)[C@@H]2C(Cc3c[nH]c4ccccc34)NC3(C(=O)Nc4c(Cl)cccc43)[C@@H]2C1=O. The zero-order valence-corrected chi connectivity index (χ0v) is 19.5. The van der Waals surface area contributed by atoms with E-state index < -0.39 is 17.4 Å². The average Bonchev–Trinajstić information content (AvgIpc) is 3.54. The van der Waals surface area contributed by atoms with E-state index in [1.165, 1.54) is 4.90 Å². The van der Waals surface area contributed by atoms with Gasteiger partial charge < -0.3 is 10.3 Å². The summed E-state index contributed by atoms with van der Waals surface area (Å²) in [6, 6.07) is 12.9. The number of amides is 3. The van der Waals surface area contributed by atoms with Crippen molar-refractivity contribution < 1.29 is 14.4 Å². The van der Waals surface area contributed by atoms with Crippen molar-refractivity contribution in [2.75, 3.05) is 11.9 Å². The van der Waals surface area contributed by atoms with Crippen LogP contribution in [0.2, 0.25) is 5.02 Å². The second-order valence-electron chi connectivity index (χ2n) is 9.42. The van der Waals surface area contributed by atoms with Gasteiger partial charge in [-0.15, -0.1) is 0 Å². The van der Waals surface area contributed by atoms with Crippen LogP contribution in [-0.4, -0.2) is 40.2 Å². The Morgan fingerprint density at radius 1 is 1.06 bits per heavy atom. The standard InChI is InChI=1S/C26H25ClN4O3/c1-2-3-11-31-23(32)20-19(12-14-13-28-18-10-5-4-7-15(14)18)30-26(21(20)24(31)33)16-8-6-9-17(27)22(16)29-25(26)34/h4-10,13,19-21,28,30H,2-3,11-12H2,1H3,(H,29,34)/t19?,20-,21+,26?/m1/s1. The monoisotopic (exact) mass is 476 g/mol. The average molecular weight is 477 g/mol. The van der Waals surface area contributed by atoms with Gasteiger partial charge in [0.15, 0.2) is 0 Å². The molecule has 0 bridgehead atoms. The second kappa shape index (κ2) is 7.68. The Hall–Kier alpha value is -3.16. The maximum absolute atomic E-state index is 13.7. The molecule has 7 nitrogen and oxygen atoms in total. The Balaban J connectivity index is 1.47. The topological polar surface area (TPSA) is 94.3 Å². The number of aromatic nitrogens is 1. The van der Waals surface area contributed by atoms with Gasteiger partial charge in [-0.3, -0.25) is 24.6 Å². The molecule has 4 atom stereocenters. The molecule has 1 spiro atoms. The van der Waals surface area contributed by atoms with E-state index in [0.29, 0.717) is 29.2 Å². The first-order chi connectivity index (χ1) is 16.5. The highest BCUT2D eigenvalue weighted by Crippen LogP contribution is 2.54. The van der Waals surface area contributed by atoms with E-state index in [1.54, 1.807) is 12.1 Å². The summed E-state index contributed by atoms with van der Waals surface area (Å²) in [4.78, 5) is 45.6. The lowest BCUT2D eigenvalue weighted by molar-refractivity contribution is -0.142. The van der Waals surface area contributed by atoms with Crippen molar-refractivity contribution in [2.45, 2.75) is 37.8 Å². The van der Waals surface area contributed by atoms with E-state index in [0.717, 1.165) is 29.3 Å². The molecule has 1 aromatic heterocycles. The number of anilines is 1. The minimum atomic E-state index is -1.32. The Labute approximate surface area is 201 Å². The van der Waals surface area contributed by atoms with Crippen molar-refractivity contribution in [3.63, 3.8) is 0 Å². The molecular formula is C26H25ClN4O3. The Kier molecular flexibility index (Phi) is 4.83. The molecule has 8 heteroatoms. The third-order valence-electron chi connectivity index (χ3n) is 7.64. The zero-order valence-electron chi connectivity index (χ0n) is 18.7. The number of benzene rings is 2. The Morgan fingerprint density at radius 3 is 2.71 bits per heavy atom. The molecule has 0 radical (unpaired) electrons. The van der Waals surface area contributed by atoms with Crippen LogP contribution in [0.3, 0.4) is 0 Å². The van der Waals surface area contributed by atoms with Crippen LogP contribution in [0, 0.1) is 11.8 Å². The summed E-state index contributed by atoms with van der Waals surface area (Å²) in [5.41, 5.74) is 1.88. The Bertz CT molecular complexity index is 1350. The summed E-state index contributed by atoms with van der Waals surface area (Å²) in [5.74, 6) is -2.24. The summed E-state index contributed by atoms with van der Waals surface area (Å²) in [6.45, 7) is 2.40. The summed E-state index contributed by atoms with van der Waals surface area (Å²) < 4.78 is 0. The van der Waals surface area contributed by atoms with Crippen LogP contribution in [0.5, 0.6) is 0 Å². The van der Waals surface area contributed by atoms with Crippen LogP contribution in [0.25, 0.3) is 10.9 Å². The first-order valence-electron chi connectivity index (χ1n) is 11.8. The lowest BCUT2D eigenvalue weighted by Crippen LogP contribution is -2.53. The third-order valence-corrected chi connectivity index (χ3v) is 7.96. The first-order valence-corrected chi connectivity index (χ1v) is 12.1. The summed E-state index contributed by atoms with van der Waals surface area (Å²) in [5, 5.41) is 7.87. The van der Waals surface area contributed by atoms with Crippen LogP contribution < -0.4 is 10.6 Å². The fourth-order valence-corrected chi connectivity index (χ4v) is 6.32. The summed E-state index contributed by atoms with van der Waals surface area (Å²) in [7, 11) is 0. The number of halogens is 1. The van der Waals surface area contributed by atoms with Gasteiger partial charge in [-0.25, -0.2) is 0 Å². The molecule has 2 fully saturated rings. The normalized spacial score (nSPS) is 27.6. The maximum atomic E-state index is 13.7. The number of hydrogen-bond acceptors (Lipinski definition) is 4. The molecule has 3 aliphatic rings. The van der Waals surface area contributed by atoms with Gasteiger partial charge in [-0.2, -0.15) is 0 Å². The van der Waals surface area contributed by atoms with Gasteiger partial charge in [0.05, 0.1) is 22.5 Å². The van der Waals surface area contributed by atoms with Crippen LogP contribution in [0.15, 0.2) is 48.7 Å². The van der Waals surface area contributed by atoms with Gasteiger partial charge in [0.1, 0.15) is 5.54 Å². The third kappa shape index (κ3) is 2.77. The van der Waals surface area contributed by atoms with Crippen LogP contribution >= 0.6 is 11.6 Å². The number of carbonyl (C=O) groups excluding carboxylic acids is 3. The zero-order chi connectivity index (χ0) is 23.6. The van der Waals surface area contributed by atoms with Crippen molar-refractivity contribution in [3.8, 4) is 0 Å². The minimum absolute atomic E-state index is 0.194. The van der Waals surface area contributed by atoms with E-state index in [2.05, 4.69) is 15.6 Å². The largest absolute Gasteiger partial charge is 0.361 e. The number of unbranched alkanes of at least 4 members (excludes halogenated alkanes) is 1. The molecular weight excluding hydrogens is 452 g/mol. The number of nitrogens with one attached hydrogen (secondary N) is 3. The number of hydrogen-bond donors (Lipinski definition) is 3. The van der Waals surface area contributed by atoms with Crippen molar-refractivity contribution in [1.29, 1.82) is 0 Å². The lowest BCUT2D eigenvalue weighted by Gasteiger charge is -2.29. The molecule has 0 aliphatic carbocycles. The molecule has 0 saturated carbocycles.